The lowest BCUT2D eigenvalue weighted by molar-refractivity contribution is 0.166. The van der Waals surface area contributed by atoms with Crippen LogP contribution >= 0.6 is 0 Å². The van der Waals surface area contributed by atoms with Crippen molar-refractivity contribution < 1.29 is 9.53 Å². The van der Waals surface area contributed by atoms with Gasteiger partial charge in [-0.25, -0.2) is 4.79 Å². The van der Waals surface area contributed by atoms with Gasteiger partial charge in [0.15, 0.2) is 0 Å². The second-order valence-electron chi connectivity index (χ2n) is 4.07. The Morgan fingerprint density at radius 1 is 1.47 bits per heavy atom. The Balaban J connectivity index is 2.22. The highest BCUT2D eigenvalue weighted by Crippen LogP contribution is 2.27. The van der Waals surface area contributed by atoms with Gasteiger partial charge in [-0.3, -0.25) is 4.90 Å². The first kappa shape index (κ1) is 11.5. The first-order valence-corrected chi connectivity index (χ1v) is 5.52. The zero-order chi connectivity index (χ0) is 12.3. The van der Waals surface area contributed by atoms with Crippen molar-refractivity contribution in [1.82, 2.24) is 4.90 Å². The molecule has 2 rings (SSSR count). The van der Waals surface area contributed by atoms with Crippen LogP contribution < -0.4 is 0 Å². The maximum Gasteiger partial charge on any atom is 0.414 e. The Morgan fingerprint density at radius 3 is 2.82 bits per heavy atom. The number of hydrogen-bond acceptors (Lipinski definition) is 2. The maximum absolute atomic E-state index is 11.6. The predicted octanol–water partition coefficient (Wildman–Crippen LogP) is 3.27. The lowest BCUT2D eigenvalue weighted by atomic mass is 10.1. The van der Waals surface area contributed by atoms with Crippen molar-refractivity contribution in [3.05, 3.63) is 60.3 Å². The topological polar surface area (TPSA) is 29.5 Å². The minimum Gasteiger partial charge on any atom is -0.447 e. The molecule has 1 atom stereocenters. The zero-order valence-corrected chi connectivity index (χ0v) is 9.80. The van der Waals surface area contributed by atoms with Crippen molar-refractivity contribution in [2.24, 2.45) is 0 Å². The van der Waals surface area contributed by atoms with Crippen molar-refractivity contribution >= 4 is 6.09 Å². The van der Waals surface area contributed by atoms with E-state index in [9.17, 15) is 4.79 Å². The van der Waals surface area contributed by atoms with E-state index in [-0.39, 0.29) is 12.1 Å². The molecular formula is C14H15NO2. The van der Waals surface area contributed by atoms with Gasteiger partial charge in [0.1, 0.15) is 6.61 Å². The second kappa shape index (κ2) is 4.87. The van der Waals surface area contributed by atoms with E-state index < -0.39 is 0 Å². The molecule has 1 saturated heterocycles. The minimum absolute atomic E-state index is 0.0423. The van der Waals surface area contributed by atoms with Crippen molar-refractivity contribution in [3.8, 4) is 0 Å². The number of rotatable bonds is 3. The third-order valence-corrected chi connectivity index (χ3v) is 2.62. The molecule has 0 aromatic heterocycles. The van der Waals surface area contributed by atoms with Crippen molar-refractivity contribution in [2.45, 2.75) is 13.0 Å². The molecular weight excluding hydrogens is 214 g/mol. The van der Waals surface area contributed by atoms with E-state index in [1.165, 1.54) is 0 Å². The van der Waals surface area contributed by atoms with E-state index >= 15 is 0 Å². The van der Waals surface area contributed by atoms with Crippen LogP contribution in [0.2, 0.25) is 0 Å². The average Bonchev–Trinajstić information content (AvgIpc) is 2.69. The molecule has 3 heteroatoms. The van der Waals surface area contributed by atoms with E-state index in [4.69, 9.17) is 4.74 Å². The highest BCUT2D eigenvalue weighted by atomic mass is 16.6. The Hall–Kier alpha value is -2.03. The Bertz CT molecular complexity index is 451. The fourth-order valence-electron chi connectivity index (χ4n) is 1.74. The van der Waals surface area contributed by atoms with Gasteiger partial charge in [0.25, 0.3) is 0 Å². The number of allylic oxidation sites excluding steroid dienone is 2. The van der Waals surface area contributed by atoms with Gasteiger partial charge in [0, 0.05) is 6.20 Å². The zero-order valence-electron chi connectivity index (χ0n) is 9.80. The lowest BCUT2D eigenvalue weighted by Gasteiger charge is -2.17. The van der Waals surface area contributed by atoms with Gasteiger partial charge in [-0.15, -0.1) is 0 Å². The van der Waals surface area contributed by atoms with Gasteiger partial charge in [0.2, 0.25) is 0 Å². The van der Waals surface area contributed by atoms with E-state index in [1.54, 1.807) is 11.1 Å². The van der Waals surface area contributed by atoms with Gasteiger partial charge in [0.05, 0.1) is 6.04 Å². The molecule has 0 radical (unpaired) electrons. The first-order valence-electron chi connectivity index (χ1n) is 5.52. The summed E-state index contributed by atoms with van der Waals surface area (Å²) in [5, 5.41) is 0. The number of carbonyl (C=O) groups excluding carboxylic acids is 1. The van der Waals surface area contributed by atoms with Crippen LogP contribution in [0, 0.1) is 0 Å². The average molecular weight is 229 g/mol. The molecule has 0 aliphatic carbocycles. The maximum atomic E-state index is 11.6. The molecule has 1 aromatic rings. The largest absolute Gasteiger partial charge is 0.447 e. The molecule has 1 fully saturated rings. The van der Waals surface area contributed by atoms with Crippen LogP contribution in [0.1, 0.15) is 18.5 Å². The molecule has 1 amide bonds. The number of carbonyl (C=O) groups is 1. The molecule has 0 saturated carbocycles. The van der Waals surface area contributed by atoms with E-state index in [0.717, 1.165) is 11.1 Å². The molecule has 0 spiro atoms. The van der Waals surface area contributed by atoms with Gasteiger partial charge in [-0.2, -0.15) is 0 Å². The summed E-state index contributed by atoms with van der Waals surface area (Å²) in [6, 6.07) is 9.81. The van der Waals surface area contributed by atoms with Crippen LogP contribution in [-0.4, -0.2) is 17.6 Å². The Morgan fingerprint density at radius 2 is 2.18 bits per heavy atom. The Labute approximate surface area is 101 Å². The Kier molecular flexibility index (Phi) is 3.28. The van der Waals surface area contributed by atoms with Crippen LogP contribution in [0.4, 0.5) is 4.79 Å². The summed E-state index contributed by atoms with van der Waals surface area (Å²) in [5.74, 6) is 0. The second-order valence-corrected chi connectivity index (χ2v) is 4.07. The molecule has 17 heavy (non-hydrogen) atoms. The van der Waals surface area contributed by atoms with Crippen LogP contribution in [0.3, 0.4) is 0 Å². The molecule has 1 aliphatic heterocycles. The third-order valence-electron chi connectivity index (χ3n) is 2.62. The number of amides is 1. The van der Waals surface area contributed by atoms with Crippen molar-refractivity contribution in [1.29, 1.82) is 0 Å². The molecule has 1 aliphatic rings. The molecule has 1 aromatic carbocycles. The number of nitrogens with zero attached hydrogens (tertiary/aromatic N) is 1. The van der Waals surface area contributed by atoms with Crippen LogP contribution in [0.5, 0.6) is 0 Å². The first-order chi connectivity index (χ1) is 8.18. The quantitative estimate of drug-likeness (QED) is 0.744. The van der Waals surface area contributed by atoms with Crippen LogP contribution in [0.25, 0.3) is 0 Å². The summed E-state index contributed by atoms with van der Waals surface area (Å²) in [6.07, 6.45) is 3.23. The van der Waals surface area contributed by atoms with Crippen LogP contribution in [0.15, 0.2) is 54.8 Å². The summed E-state index contributed by atoms with van der Waals surface area (Å²) in [6.45, 7) is 6.05. The van der Waals surface area contributed by atoms with Gasteiger partial charge in [-0.1, -0.05) is 42.5 Å². The minimum atomic E-state index is -0.309. The van der Waals surface area contributed by atoms with Crippen LogP contribution in [-0.2, 0) is 4.74 Å². The molecule has 0 bridgehead atoms. The summed E-state index contributed by atoms with van der Waals surface area (Å²) in [4.78, 5) is 13.2. The highest BCUT2D eigenvalue weighted by molar-refractivity contribution is 5.72. The molecule has 3 nitrogen and oxygen atoms in total. The van der Waals surface area contributed by atoms with E-state index in [0.29, 0.717) is 6.61 Å². The number of hydrogen-bond donors (Lipinski definition) is 0. The third kappa shape index (κ3) is 2.56. The normalized spacial score (nSPS) is 19.7. The molecule has 0 N–H and O–H groups in total. The fraction of sp³-hybridized carbons (Fsp3) is 0.214. The van der Waals surface area contributed by atoms with Crippen molar-refractivity contribution in [2.75, 3.05) is 6.61 Å². The number of cyclic esters (lactones) is 1. The predicted molar refractivity (Wildman–Crippen MR) is 66.3 cm³/mol. The summed E-state index contributed by atoms with van der Waals surface area (Å²) in [5.41, 5.74) is 1.97. The lowest BCUT2D eigenvalue weighted by Crippen LogP contribution is -2.21. The fourth-order valence-corrected chi connectivity index (χ4v) is 1.74. The molecule has 88 valence electrons. The molecule has 1 unspecified atom stereocenters. The number of ether oxygens (including phenoxy) is 1. The summed E-state index contributed by atoms with van der Waals surface area (Å²) in [7, 11) is 0. The number of benzene rings is 1. The van der Waals surface area contributed by atoms with Crippen molar-refractivity contribution in [3.63, 3.8) is 0 Å². The summed E-state index contributed by atoms with van der Waals surface area (Å²) < 4.78 is 5.07. The smallest absolute Gasteiger partial charge is 0.414 e. The SMILES string of the molecule is C=C(C)/C=C/N1C(=O)OCC1c1ccccc1. The monoisotopic (exact) mass is 229 g/mol. The van der Waals surface area contributed by atoms with Gasteiger partial charge in [-0.05, 0) is 18.6 Å². The molecule has 1 heterocycles. The standard InChI is InChI=1S/C14H15NO2/c1-11(2)8-9-15-13(10-17-14(15)16)12-6-4-3-5-7-12/h3-9,13H,1,10H2,2H3/b9-8+. The van der Waals surface area contributed by atoms with Gasteiger partial charge < -0.3 is 4.74 Å². The van der Waals surface area contributed by atoms with Gasteiger partial charge >= 0.3 is 6.09 Å². The summed E-state index contributed by atoms with van der Waals surface area (Å²) >= 11 is 0. The highest BCUT2D eigenvalue weighted by Gasteiger charge is 2.32. The van der Waals surface area contributed by atoms with E-state index in [1.807, 2.05) is 43.3 Å². The van der Waals surface area contributed by atoms with E-state index in [2.05, 4.69) is 6.58 Å².